The Kier molecular flexibility index (Phi) is 6.40. The molecule has 1 aliphatic rings. The first-order valence-corrected chi connectivity index (χ1v) is 7.65. The molecule has 0 aromatic heterocycles. The normalized spacial score (nSPS) is 21.9. The molecule has 0 aliphatic carbocycles. The number of carbonyl (C=O) groups excluding carboxylic acids is 2. The summed E-state index contributed by atoms with van der Waals surface area (Å²) in [6, 6.07) is 0. The second-order valence-corrected chi connectivity index (χ2v) is 6.48. The van der Waals surface area contributed by atoms with Gasteiger partial charge in [-0.25, -0.2) is 4.79 Å². The van der Waals surface area contributed by atoms with E-state index in [1.54, 1.807) is 13.8 Å². The summed E-state index contributed by atoms with van der Waals surface area (Å²) in [6.45, 7) is 3.17. The molecule has 0 radical (unpaired) electrons. The lowest BCUT2D eigenvalue weighted by molar-refractivity contribution is -0.143. The van der Waals surface area contributed by atoms with Crippen molar-refractivity contribution in [3.8, 4) is 0 Å². The minimum absolute atomic E-state index is 0.111. The van der Waals surface area contributed by atoms with Gasteiger partial charge in [-0.15, -0.1) is 0 Å². The van der Waals surface area contributed by atoms with E-state index in [-0.39, 0.29) is 29.9 Å². The summed E-state index contributed by atoms with van der Waals surface area (Å²) in [5, 5.41) is 11.5. The van der Waals surface area contributed by atoms with Gasteiger partial charge in [0.1, 0.15) is 11.5 Å². The van der Waals surface area contributed by atoms with Crippen molar-refractivity contribution in [2.45, 2.75) is 37.9 Å². The summed E-state index contributed by atoms with van der Waals surface area (Å²) in [5.41, 5.74) is 1.08. The van der Waals surface area contributed by atoms with Crippen LogP contribution in [0.4, 0.5) is 0 Å². The van der Waals surface area contributed by atoms with Gasteiger partial charge in [0.05, 0.1) is 6.42 Å². The van der Waals surface area contributed by atoms with Gasteiger partial charge < -0.3 is 15.2 Å². The number of carbonyl (C=O) groups is 2. The van der Waals surface area contributed by atoms with Crippen LogP contribution in [0.2, 0.25) is 0 Å². The Hall–Kier alpha value is -1.16. The van der Waals surface area contributed by atoms with Crippen LogP contribution in [0, 0.1) is 0 Å². The smallest absolute Gasteiger partial charge is 0.334 e. The quantitative estimate of drug-likeness (QED) is 0.535. The molecule has 110 valence electrons. The maximum absolute atomic E-state index is 11.5. The zero-order chi connectivity index (χ0) is 15.3. The molecular weight excluding hydrogens is 304 g/mol. The Balaban J connectivity index is 2.46. The number of rotatable bonds is 7. The van der Waals surface area contributed by atoms with Gasteiger partial charge in [0, 0.05) is 12.1 Å². The number of ether oxygens (including phenoxy) is 1. The van der Waals surface area contributed by atoms with Crippen molar-refractivity contribution in [2.75, 3.05) is 6.54 Å². The van der Waals surface area contributed by atoms with Crippen LogP contribution in [0.5, 0.6) is 0 Å². The molecule has 0 aromatic carbocycles. The van der Waals surface area contributed by atoms with Gasteiger partial charge in [-0.2, -0.15) is 0 Å². The van der Waals surface area contributed by atoms with Gasteiger partial charge in [-0.3, -0.25) is 13.9 Å². The van der Waals surface area contributed by atoms with Gasteiger partial charge in [-0.05, 0) is 19.4 Å². The number of aliphatic hydroxyl groups excluding tert-OH is 1. The number of amides is 1. The molecule has 1 amide bonds. The Labute approximate surface area is 119 Å². The van der Waals surface area contributed by atoms with Gasteiger partial charge in [0.25, 0.3) is 0 Å². The zero-order valence-electron chi connectivity index (χ0n) is 11.0. The van der Waals surface area contributed by atoms with E-state index in [9.17, 15) is 23.8 Å². The third-order valence-electron chi connectivity index (χ3n) is 3.03. The second-order valence-electron chi connectivity index (χ2n) is 4.40. The van der Waals surface area contributed by atoms with Crippen LogP contribution in [-0.4, -0.2) is 41.1 Å². The van der Waals surface area contributed by atoms with Crippen LogP contribution in [0.1, 0.15) is 20.3 Å². The van der Waals surface area contributed by atoms with Crippen LogP contribution in [0.3, 0.4) is 0 Å². The van der Waals surface area contributed by atoms with Crippen molar-refractivity contribution < 1.29 is 28.6 Å². The molecule has 1 rings (SSSR count). The van der Waals surface area contributed by atoms with E-state index >= 15 is 0 Å². The minimum atomic E-state index is -1.06. The number of esters is 1. The standard InChI is InChI=1S/C11H15NO6P2/c1-5-6(2)11(15)18-10(5)7(13)4-12-8(14)3-9(19-16)20-17/h7,9-10,13H,3-4H2,1-2H3,(H,12,14). The topological polar surface area (TPSA) is 110 Å². The Bertz CT molecular complexity index is 456. The van der Waals surface area contributed by atoms with Crippen LogP contribution >= 0.6 is 16.9 Å². The summed E-state index contributed by atoms with van der Waals surface area (Å²) >= 11 is 0. The van der Waals surface area contributed by atoms with E-state index in [2.05, 4.69) is 5.32 Å². The van der Waals surface area contributed by atoms with Crippen molar-refractivity contribution in [3.63, 3.8) is 0 Å². The van der Waals surface area contributed by atoms with Crippen molar-refractivity contribution in [1.29, 1.82) is 0 Å². The largest absolute Gasteiger partial charge is 0.452 e. The van der Waals surface area contributed by atoms with E-state index in [4.69, 9.17) is 4.74 Å². The molecular formula is C11H15NO6P2. The van der Waals surface area contributed by atoms with Crippen LogP contribution in [0.25, 0.3) is 0 Å². The lowest BCUT2D eigenvalue weighted by Gasteiger charge is -2.19. The van der Waals surface area contributed by atoms with E-state index in [1.165, 1.54) is 0 Å². The fourth-order valence-electron chi connectivity index (χ4n) is 1.69. The molecule has 1 heterocycles. The molecule has 0 saturated carbocycles. The molecule has 2 unspecified atom stereocenters. The van der Waals surface area contributed by atoms with Crippen molar-refractivity contribution in [2.24, 2.45) is 0 Å². The van der Waals surface area contributed by atoms with Crippen LogP contribution in [-0.2, 0) is 23.5 Å². The maximum Gasteiger partial charge on any atom is 0.334 e. The molecule has 0 saturated heterocycles. The number of hydrogen-bond acceptors (Lipinski definition) is 6. The number of aliphatic hydroxyl groups is 1. The van der Waals surface area contributed by atoms with Crippen LogP contribution in [0.15, 0.2) is 11.1 Å². The Morgan fingerprint density at radius 3 is 2.45 bits per heavy atom. The fraction of sp³-hybridized carbons (Fsp3) is 0.636. The van der Waals surface area contributed by atoms with Crippen molar-refractivity contribution in [1.82, 2.24) is 5.32 Å². The van der Waals surface area contributed by atoms with Crippen molar-refractivity contribution in [3.05, 3.63) is 11.1 Å². The molecule has 9 heteroatoms. The molecule has 0 bridgehead atoms. The lowest BCUT2D eigenvalue weighted by Crippen LogP contribution is -2.40. The van der Waals surface area contributed by atoms with Gasteiger partial charge in [0.15, 0.2) is 23.0 Å². The highest BCUT2D eigenvalue weighted by Crippen LogP contribution is 2.24. The van der Waals surface area contributed by atoms with E-state index in [1.807, 2.05) is 0 Å². The second kappa shape index (κ2) is 7.58. The summed E-state index contributed by atoms with van der Waals surface area (Å²) in [6.07, 6.45) is -2.01. The fourth-order valence-corrected chi connectivity index (χ4v) is 2.33. The third kappa shape index (κ3) is 4.17. The molecule has 0 fully saturated rings. The summed E-state index contributed by atoms with van der Waals surface area (Å²) < 4.78 is 26.0. The average Bonchev–Trinajstić information content (AvgIpc) is 2.69. The number of cyclic esters (lactones) is 1. The predicted molar refractivity (Wildman–Crippen MR) is 70.9 cm³/mol. The highest BCUT2D eigenvalue weighted by Gasteiger charge is 2.34. The SMILES string of the molecule is CC1=C(C)C(C(O)CNC(=O)CC(P=O)P=O)OC1=O. The van der Waals surface area contributed by atoms with Gasteiger partial charge >= 0.3 is 5.97 Å². The van der Waals surface area contributed by atoms with Crippen LogP contribution < -0.4 is 5.32 Å². The summed E-state index contributed by atoms with van der Waals surface area (Å²) in [7, 11) is -0.756. The van der Waals surface area contributed by atoms with E-state index < -0.39 is 29.5 Å². The highest BCUT2D eigenvalue weighted by atomic mass is 31.1. The summed E-state index contributed by atoms with van der Waals surface area (Å²) in [4.78, 5) is 22.8. The molecule has 2 atom stereocenters. The summed E-state index contributed by atoms with van der Waals surface area (Å²) in [5.74, 6) is -0.961. The van der Waals surface area contributed by atoms with Gasteiger partial charge in [0.2, 0.25) is 5.91 Å². The third-order valence-corrected chi connectivity index (χ3v) is 4.45. The van der Waals surface area contributed by atoms with E-state index in [0.29, 0.717) is 11.1 Å². The average molecular weight is 319 g/mol. The molecule has 0 aromatic rings. The van der Waals surface area contributed by atoms with E-state index in [0.717, 1.165) is 0 Å². The Morgan fingerprint density at radius 1 is 1.40 bits per heavy atom. The Morgan fingerprint density at radius 2 is 2.00 bits per heavy atom. The highest BCUT2D eigenvalue weighted by molar-refractivity contribution is 7.44. The lowest BCUT2D eigenvalue weighted by atomic mass is 10.0. The minimum Gasteiger partial charge on any atom is -0.452 e. The first-order chi connectivity index (χ1) is 9.40. The first-order valence-electron chi connectivity index (χ1n) is 5.88. The molecule has 20 heavy (non-hydrogen) atoms. The molecule has 1 aliphatic heterocycles. The first kappa shape index (κ1) is 16.9. The van der Waals surface area contributed by atoms with Gasteiger partial charge in [-0.1, -0.05) is 0 Å². The number of nitrogens with one attached hydrogen (secondary N) is 1. The predicted octanol–water partition coefficient (Wildman–Crippen LogP) is 1.02. The molecule has 2 N–H and O–H groups in total. The monoisotopic (exact) mass is 319 g/mol. The van der Waals surface area contributed by atoms with Crippen molar-refractivity contribution >= 4 is 28.8 Å². The maximum atomic E-state index is 11.5. The zero-order valence-corrected chi connectivity index (χ0v) is 12.8. The number of hydrogen-bond donors (Lipinski definition) is 2. The molecule has 0 spiro atoms. The molecule has 7 nitrogen and oxygen atoms in total.